The number of ether oxygens (including phenoxy) is 2. The van der Waals surface area contributed by atoms with E-state index in [4.69, 9.17) is 26.8 Å². The Kier molecular flexibility index (Phi) is 4.32. The maximum absolute atomic E-state index is 6.12. The van der Waals surface area contributed by atoms with Crippen molar-refractivity contribution in [1.29, 1.82) is 0 Å². The Bertz CT molecular complexity index is 643. The Labute approximate surface area is 129 Å². The molecule has 0 saturated heterocycles. The molecule has 0 spiro atoms. The van der Waals surface area contributed by atoms with Crippen molar-refractivity contribution in [2.24, 2.45) is 5.73 Å². The number of nitrogens with two attached hydrogens (primary N) is 1. The number of rotatable bonds is 5. The predicted molar refractivity (Wildman–Crippen MR) is 84.2 cm³/mol. The molecule has 1 aliphatic heterocycles. The summed E-state index contributed by atoms with van der Waals surface area (Å²) in [6.45, 7) is 1.86. The van der Waals surface area contributed by atoms with Gasteiger partial charge in [0, 0.05) is 24.4 Å². The first-order valence-corrected chi connectivity index (χ1v) is 7.50. The summed E-state index contributed by atoms with van der Waals surface area (Å²) in [4.78, 5) is 0. The van der Waals surface area contributed by atoms with Crippen molar-refractivity contribution in [3.05, 3.63) is 58.1 Å². The summed E-state index contributed by atoms with van der Waals surface area (Å²) in [6, 6.07) is 12.0. The molecule has 21 heavy (non-hydrogen) atoms. The lowest BCUT2D eigenvalue weighted by atomic mass is 10.1. The molecule has 110 valence electrons. The molecule has 0 fully saturated rings. The first-order chi connectivity index (χ1) is 10.3. The van der Waals surface area contributed by atoms with Gasteiger partial charge < -0.3 is 15.2 Å². The topological polar surface area (TPSA) is 44.5 Å². The molecule has 1 aliphatic rings. The van der Waals surface area contributed by atoms with Gasteiger partial charge in [-0.05, 0) is 34.9 Å². The molecule has 0 atom stereocenters. The Morgan fingerprint density at radius 2 is 2.10 bits per heavy atom. The van der Waals surface area contributed by atoms with E-state index >= 15 is 0 Å². The molecule has 0 amide bonds. The first kappa shape index (κ1) is 14.2. The predicted octanol–water partition coefficient (Wildman–Crippen LogP) is 3.36. The number of halogens is 1. The van der Waals surface area contributed by atoms with Crippen molar-refractivity contribution in [1.82, 2.24) is 0 Å². The van der Waals surface area contributed by atoms with Crippen LogP contribution in [0.5, 0.6) is 11.5 Å². The Balaban J connectivity index is 1.57. The summed E-state index contributed by atoms with van der Waals surface area (Å²) < 4.78 is 11.3. The SMILES string of the molecule is NCc1ccc(OCCc2ccc3c(c2)CCO3)cc1Cl. The molecule has 0 aliphatic carbocycles. The van der Waals surface area contributed by atoms with Crippen LogP contribution in [0.2, 0.25) is 5.02 Å². The lowest BCUT2D eigenvalue weighted by Crippen LogP contribution is -2.02. The van der Waals surface area contributed by atoms with Gasteiger partial charge in [-0.2, -0.15) is 0 Å². The van der Waals surface area contributed by atoms with Crippen LogP contribution in [0.25, 0.3) is 0 Å². The van der Waals surface area contributed by atoms with E-state index in [1.807, 2.05) is 24.3 Å². The van der Waals surface area contributed by atoms with Crippen LogP contribution in [0.3, 0.4) is 0 Å². The highest BCUT2D eigenvalue weighted by Crippen LogP contribution is 2.26. The van der Waals surface area contributed by atoms with Crippen LogP contribution >= 0.6 is 11.6 Å². The average molecular weight is 304 g/mol. The normalized spacial score (nSPS) is 12.9. The van der Waals surface area contributed by atoms with Gasteiger partial charge in [-0.1, -0.05) is 29.8 Å². The first-order valence-electron chi connectivity index (χ1n) is 7.12. The fourth-order valence-electron chi connectivity index (χ4n) is 2.47. The third kappa shape index (κ3) is 3.31. The molecular formula is C17H18ClNO2. The van der Waals surface area contributed by atoms with Crippen LogP contribution in [0.1, 0.15) is 16.7 Å². The zero-order chi connectivity index (χ0) is 14.7. The minimum Gasteiger partial charge on any atom is -0.493 e. The van der Waals surface area contributed by atoms with Gasteiger partial charge in [0.1, 0.15) is 11.5 Å². The van der Waals surface area contributed by atoms with E-state index in [1.54, 1.807) is 0 Å². The molecule has 2 aromatic rings. The highest BCUT2D eigenvalue weighted by molar-refractivity contribution is 6.31. The number of benzene rings is 2. The minimum absolute atomic E-state index is 0.441. The molecule has 2 N–H and O–H groups in total. The fraction of sp³-hybridized carbons (Fsp3) is 0.294. The molecule has 3 nitrogen and oxygen atoms in total. The summed E-state index contributed by atoms with van der Waals surface area (Å²) in [5, 5.41) is 0.657. The second kappa shape index (κ2) is 6.37. The van der Waals surface area contributed by atoms with Crippen molar-refractivity contribution in [2.45, 2.75) is 19.4 Å². The largest absolute Gasteiger partial charge is 0.493 e. The van der Waals surface area contributed by atoms with Crippen LogP contribution < -0.4 is 15.2 Å². The second-order valence-corrected chi connectivity index (χ2v) is 5.50. The van der Waals surface area contributed by atoms with E-state index in [-0.39, 0.29) is 0 Å². The van der Waals surface area contributed by atoms with Crippen LogP contribution in [0.4, 0.5) is 0 Å². The van der Waals surface area contributed by atoms with Crippen LogP contribution in [0.15, 0.2) is 36.4 Å². The summed E-state index contributed by atoms with van der Waals surface area (Å²) in [5.74, 6) is 1.80. The van der Waals surface area contributed by atoms with E-state index in [9.17, 15) is 0 Å². The zero-order valence-electron chi connectivity index (χ0n) is 11.8. The lowest BCUT2D eigenvalue weighted by molar-refractivity contribution is 0.322. The maximum Gasteiger partial charge on any atom is 0.122 e. The molecule has 4 heteroatoms. The van der Waals surface area contributed by atoms with Gasteiger partial charge in [-0.15, -0.1) is 0 Å². The van der Waals surface area contributed by atoms with Gasteiger partial charge in [0.2, 0.25) is 0 Å². The second-order valence-electron chi connectivity index (χ2n) is 5.10. The quantitative estimate of drug-likeness (QED) is 0.921. The molecule has 0 radical (unpaired) electrons. The monoisotopic (exact) mass is 303 g/mol. The van der Waals surface area contributed by atoms with E-state index in [0.29, 0.717) is 18.2 Å². The number of hydrogen-bond donors (Lipinski definition) is 1. The Morgan fingerprint density at radius 1 is 1.19 bits per heavy atom. The third-order valence-electron chi connectivity index (χ3n) is 3.66. The van der Waals surface area contributed by atoms with Crippen molar-refractivity contribution in [3.63, 3.8) is 0 Å². The lowest BCUT2D eigenvalue weighted by Gasteiger charge is -2.09. The van der Waals surface area contributed by atoms with Gasteiger partial charge in [0.15, 0.2) is 0 Å². The summed E-state index contributed by atoms with van der Waals surface area (Å²) in [6.07, 6.45) is 1.86. The van der Waals surface area contributed by atoms with Crippen LogP contribution in [0, 0.1) is 0 Å². The van der Waals surface area contributed by atoms with E-state index < -0.39 is 0 Å². The zero-order valence-corrected chi connectivity index (χ0v) is 12.5. The molecule has 0 aromatic heterocycles. The van der Waals surface area contributed by atoms with Gasteiger partial charge >= 0.3 is 0 Å². The molecular weight excluding hydrogens is 286 g/mol. The Hall–Kier alpha value is -1.71. The molecule has 0 unspecified atom stereocenters. The van der Waals surface area contributed by atoms with Crippen LogP contribution in [-0.2, 0) is 19.4 Å². The van der Waals surface area contributed by atoms with Crippen molar-refractivity contribution < 1.29 is 9.47 Å². The van der Waals surface area contributed by atoms with E-state index in [2.05, 4.69) is 12.1 Å². The molecule has 1 heterocycles. The number of fused-ring (bicyclic) bond motifs is 1. The minimum atomic E-state index is 0.441. The summed E-state index contributed by atoms with van der Waals surface area (Å²) in [7, 11) is 0. The molecule has 0 bridgehead atoms. The van der Waals surface area contributed by atoms with Gasteiger partial charge in [-0.25, -0.2) is 0 Å². The van der Waals surface area contributed by atoms with Crippen molar-refractivity contribution in [2.75, 3.05) is 13.2 Å². The van der Waals surface area contributed by atoms with Gasteiger partial charge in [0.25, 0.3) is 0 Å². The van der Waals surface area contributed by atoms with Gasteiger partial charge in [0.05, 0.1) is 13.2 Å². The van der Waals surface area contributed by atoms with Crippen molar-refractivity contribution in [3.8, 4) is 11.5 Å². The fourth-order valence-corrected chi connectivity index (χ4v) is 2.71. The van der Waals surface area contributed by atoms with Crippen molar-refractivity contribution >= 4 is 11.6 Å². The summed E-state index contributed by atoms with van der Waals surface area (Å²) >= 11 is 6.12. The van der Waals surface area contributed by atoms with E-state index in [0.717, 1.165) is 36.5 Å². The highest BCUT2D eigenvalue weighted by atomic mass is 35.5. The van der Waals surface area contributed by atoms with Crippen LogP contribution in [-0.4, -0.2) is 13.2 Å². The molecule has 0 saturated carbocycles. The Morgan fingerprint density at radius 3 is 2.90 bits per heavy atom. The van der Waals surface area contributed by atoms with Gasteiger partial charge in [-0.3, -0.25) is 0 Å². The molecule has 3 rings (SSSR count). The number of hydrogen-bond acceptors (Lipinski definition) is 3. The highest BCUT2D eigenvalue weighted by Gasteiger charge is 2.11. The standard InChI is InChI=1S/C17H18ClNO2/c18-16-10-15(3-2-14(16)11-19)20-7-5-12-1-4-17-13(9-12)6-8-21-17/h1-4,9-10H,5-8,11,19H2. The maximum atomic E-state index is 6.12. The molecule has 2 aromatic carbocycles. The third-order valence-corrected chi connectivity index (χ3v) is 4.01. The summed E-state index contributed by atoms with van der Waals surface area (Å²) in [5.41, 5.74) is 9.08. The smallest absolute Gasteiger partial charge is 0.122 e. The average Bonchev–Trinajstić information content (AvgIpc) is 2.95. The van der Waals surface area contributed by atoms with E-state index in [1.165, 1.54) is 11.1 Å².